The maximum atomic E-state index is 8.69. The highest BCUT2D eigenvalue weighted by atomic mass is 32.2. The lowest BCUT2D eigenvalue weighted by Crippen LogP contribution is -2.29. The van der Waals surface area contributed by atoms with Crippen LogP contribution < -0.4 is 0 Å². The molecule has 0 saturated heterocycles. The number of hydrogen-bond donors (Lipinski definition) is 1. The lowest BCUT2D eigenvalue weighted by Gasteiger charge is -2.25. The molecule has 2 aliphatic rings. The molecule has 0 spiro atoms. The summed E-state index contributed by atoms with van der Waals surface area (Å²) in [6.07, 6.45) is 4.10. The molecule has 0 radical (unpaired) electrons. The topological polar surface area (TPSA) is 32.6 Å². The first kappa shape index (κ1) is 7.31. The van der Waals surface area contributed by atoms with Crippen molar-refractivity contribution < 1.29 is 5.21 Å². The van der Waals surface area contributed by atoms with Gasteiger partial charge in [0.15, 0.2) is 0 Å². The molecule has 0 aromatic carbocycles. The van der Waals surface area contributed by atoms with Gasteiger partial charge in [0, 0.05) is 0 Å². The minimum atomic E-state index is 0.308. The summed E-state index contributed by atoms with van der Waals surface area (Å²) in [5.41, 5.74) is 0.866. The Kier molecular flexibility index (Phi) is 1.96. The van der Waals surface area contributed by atoms with Crippen molar-refractivity contribution >= 4 is 29.2 Å². The van der Waals surface area contributed by atoms with Crippen LogP contribution in [0.25, 0.3) is 0 Å². The molecule has 2 rings (SSSR count). The smallest absolute Gasteiger partial charge is 0.0913 e. The molecule has 2 unspecified atom stereocenters. The van der Waals surface area contributed by atoms with E-state index in [0.29, 0.717) is 10.5 Å². The molecule has 0 aromatic rings. The van der Waals surface area contributed by atoms with Crippen LogP contribution >= 0.6 is 23.5 Å². The molecule has 0 aliphatic carbocycles. The van der Waals surface area contributed by atoms with E-state index in [0.717, 1.165) is 5.71 Å². The number of rotatable bonds is 2. The third kappa shape index (κ3) is 1.20. The van der Waals surface area contributed by atoms with Crippen LogP contribution in [0.3, 0.4) is 0 Å². The van der Waals surface area contributed by atoms with Gasteiger partial charge in [0.25, 0.3) is 0 Å². The fraction of sp³-hybridized carbons (Fsp3) is 0.286. The van der Waals surface area contributed by atoms with Crippen LogP contribution in [0.4, 0.5) is 0 Å². The van der Waals surface area contributed by atoms with Crippen LogP contribution in [0.5, 0.6) is 0 Å². The van der Waals surface area contributed by atoms with Gasteiger partial charge in [-0.15, -0.1) is 23.5 Å². The second-order valence-corrected chi connectivity index (χ2v) is 4.40. The van der Waals surface area contributed by atoms with Crippen molar-refractivity contribution in [1.29, 1.82) is 0 Å². The molecule has 0 amide bonds. The van der Waals surface area contributed by atoms with Gasteiger partial charge in [-0.2, -0.15) is 0 Å². The van der Waals surface area contributed by atoms with Crippen molar-refractivity contribution in [3.05, 3.63) is 23.0 Å². The molecule has 4 heteroatoms. The molecule has 2 atom stereocenters. The standard InChI is InChI=1S/C7H7NOS2/c9-8-7(5-1-3-10-5)6-2-4-11-6/h1-6,9H. The van der Waals surface area contributed by atoms with Crippen LogP contribution in [0.1, 0.15) is 0 Å². The zero-order valence-electron chi connectivity index (χ0n) is 5.68. The van der Waals surface area contributed by atoms with E-state index in [2.05, 4.69) is 5.16 Å². The molecular weight excluding hydrogens is 178 g/mol. The van der Waals surface area contributed by atoms with Gasteiger partial charge < -0.3 is 5.21 Å². The van der Waals surface area contributed by atoms with E-state index in [-0.39, 0.29) is 0 Å². The van der Waals surface area contributed by atoms with E-state index in [1.165, 1.54) is 0 Å². The normalized spacial score (nSPS) is 32.4. The molecule has 0 aromatic heterocycles. The Bertz CT molecular complexity index is 225. The zero-order valence-corrected chi connectivity index (χ0v) is 7.31. The molecule has 0 fully saturated rings. The third-order valence-corrected chi connectivity index (χ3v) is 3.67. The van der Waals surface area contributed by atoms with Crippen LogP contribution in [-0.4, -0.2) is 21.4 Å². The van der Waals surface area contributed by atoms with E-state index >= 15 is 0 Å². The molecular formula is C7H7NOS2. The highest BCUT2D eigenvalue weighted by Crippen LogP contribution is 2.34. The van der Waals surface area contributed by atoms with Gasteiger partial charge in [-0.3, -0.25) is 0 Å². The lowest BCUT2D eigenvalue weighted by atomic mass is 10.2. The van der Waals surface area contributed by atoms with Gasteiger partial charge in [0.05, 0.1) is 16.2 Å². The van der Waals surface area contributed by atoms with Gasteiger partial charge in [0.1, 0.15) is 0 Å². The Morgan fingerprint density at radius 2 is 1.64 bits per heavy atom. The second-order valence-electron chi connectivity index (χ2n) is 2.30. The Hall–Kier alpha value is -0.350. The summed E-state index contributed by atoms with van der Waals surface area (Å²) in [6.45, 7) is 0. The predicted molar refractivity (Wildman–Crippen MR) is 50.3 cm³/mol. The van der Waals surface area contributed by atoms with E-state index in [1.807, 2.05) is 23.0 Å². The fourth-order valence-corrected chi connectivity index (χ4v) is 2.31. The van der Waals surface area contributed by atoms with Gasteiger partial charge >= 0.3 is 0 Å². The van der Waals surface area contributed by atoms with E-state index in [9.17, 15) is 0 Å². The Labute approximate surface area is 73.4 Å². The number of oxime groups is 1. The van der Waals surface area contributed by atoms with Gasteiger partial charge in [-0.25, -0.2) is 0 Å². The van der Waals surface area contributed by atoms with Crippen molar-refractivity contribution in [1.82, 2.24) is 0 Å². The molecule has 1 N–H and O–H groups in total. The quantitative estimate of drug-likeness (QED) is 0.406. The molecule has 0 bridgehead atoms. The molecule has 11 heavy (non-hydrogen) atoms. The zero-order chi connectivity index (χ0) is 7.68. The second kappa shape index (κ2) is 2.95. The molecule has 2 aliphatic heterocycles. The summed E-state index contributed by atoms with van der Waals surface area (Å²) in [4.78, 5) is 0. The minimum Gasteiger partial charge on any atom is -0.411 e. The highest BCUT2D eigenvalue weighted by molar-refractivity contribution is 8.06. The van der Waals surface area contributed by atoms with Crippen LogP contribution in [-0.2, 0) is 0 Å². The maximum Gasteiger partial charge on any atom is 0.0913 e. The van der Waals surface area contributed by atoms with Crippen LogP contribution in [0.15, 0.2) is 28.1 Å². The Morgan fingerprint density at radius 3 is 1.82 bits per heavy atom. The van der Waals surface area contributed by atoms with Crippen molar-refractivity contribution in [2.75, 3.05) is 0 Å². The number of thioether (sulfide) groups is 2. The van der Waals surface area contributed by atoms with E-state index in [4.69, 9.17) is 5.21 Å². The fourth-order valence-electron chi connectivity index (χ4n) is 0.927. The predicted octanol–water partition coefficient (Wildman–Crippen LogP) is 2.07. The first-order chi connectivity index (χ1) is 5.42. The number of hydrogen-bond acceptors (Lipinski definition) is 4. The van der Waals surface area contributed by atoms with Gasteiger partial charge in [-0.1, -0.05) is 17.3 Å². The third-order valence-electron chi connectivity index (χ3n) is 1.66. The minimum absolute atomic E-state index is 0.308. The summed E-state index contributed by atoms with van der Waals surface area (Å²) in [6, 6.07) is 0. The van der Waals surface area contributed by atoms with Crippen molar-refractivity contribution in [2.45, 2.75) is 10.5 Å². The highest BCUT2D eigenvalue weighted by Gasteiger charge is 2.28. The summed E-state index contributed by atoms with van der Waals surface area (Å²) in [7, 11) is 0. The van der Waals surface area contributed by atoms with Gasteiger partial charge in [-0.05, 0) is 10.8 Å². The van der Waals surface area contributed by atoms with E-state index in [1.54, 1.807) is 23.5 Å². The average molecular weight is 185 g/mol. The monoisotopic (exact) mass is 185 g/mol. The van der Waals surface area contributed by atoms with Crippen molar-refractivity contribution in [2.24, 2.45) is 5.16 Å². The molecule has 2 heterocycles. The summed E-state index contributed by atoms with van der Waals surface area (Å²) in [5.74, 6) is 0. The van der Waals surface area contributed by atoms with Crippen LogP contribution in [0, 0.1) is 0 Å². The summed E-state index contributed by atoms with van der Waals surface area (Å²) >= 11 is 3.39. The van der Waals surface area contributed by atoms with Crippen molar-refractivity contribution in [3.63, 3.8) is 0 Å². The largest absolute Gasteiger partial charge is 0.411 e. The number of nitrogens with zero attached hydrogens (tertiary/aromatic N) is 1. The summed E-state index contributed by atoms with van der Waals surface area (Å²) < 4.78 is 0. The first-order valence-corrected chi connectivity index (χ1v) is 5.16. The van der Waals surface area contributed by atoms with E-state index < -0.39 is 0 Å². The first-order valence-electron chi connectivity index (χ1n) is 3.28. The summed E-state index contributed by atoms with van der Waals surface area (Å²) in [5, 5.41) is 16.6. The van der Waals surface area contributed by atoms with Gasteiger partial charge in [0.2, 0.25) is 0 Å². The molecule has 2 nitrogen and oxygen atoms in total. The lowest BCUT2D eigenvalue weighted by molar-refractivity contribution is 0.317. The molecule has 0 saturated carbocycles. The average Bonchev–Trinajstić information content (AvgIpc) is 1.78. The van der Waals surface area contributed by atoms with Crippen LogP contribution in [0.2, 0.25) is 0 Å². The molecule has 58 valence electrons. The maximum absolute atomic E-state index is 8.69. The Balaban J connectivity index is 2.07. The Morgan fingerprint density at radius 1 is 1.18 bits per heavy atom. The van der Waals surface area contributed by atoms with Crippen molar-refractivity contribution in [3.8, 4) is 0 Å². The SMILES string of the molecule is ON=C(C1C=CS1)C1C=CS1.